The fraction of sp³-hybridized carbons (Fsp3) is 1.00. The number of hydroxylamine groups is 2. The average Bonchev–Trinajstić information content (AvgIpc) is 1.92. The summed E-state index contributed by atoms with van der Waals surface area (Å²) in [6.45, 7) is 2.97. The minimum absolute atomic E-state index is 0.0321. The molecule has 0 fully saturated rings. The Labute approximate surface area is 107 Å². The number of hydrogen-bond donors (Lipinski definition) is 3. The van der Waals surface area contributed by atoms with E-state index in [1.165, 1.54) is 13.8 Å². The van der Waals surface area contributed by atoms with Gasteiger partial charge in [-0.3, -0.25) is 9.11 Å². The van der Waals surface area contributed by atoms with Crippen LogP contribution in [-0.4, -0.2) is 60.8 Å². The van der Waals surface area contributed by atoms with Crippen molar-refractivity contribution in [3.63, 3.8) is 0 Å². The van der Waals surface area contributed by atoms with Gasteiger partial charge in [-0.05, 0) is 11.8 Å². The van der Waals surface area contributed by atoms with Gasteiger partial charge < -0.3 is 5.21 Å². The lowest BCUT2D eigenvalue weighted by Gasteiger charge is -2.21. The summed E-state index contributed by atoms with van der Waals surface area (Å²) in [5.41, 5.74) is 0. The Morgan fingerprint density at radius 3 is 1.39 bits per heavy atom. The topological polar surface area (TPSA) is 132 Å². The predicted molar refractivity (Wildman–Crippen MR) is 64.5 cm³/mol. The molecule has 8 nitrogen and oxygen atoms in total. The van der Waals surface area contributed by atoms with Crippen LogP contribution < -0.4 is 0 Å². The summed E-state index contributed by atoms with van der Waals surface area (Å²) < 4.78 is 59.5. The van der Waals surface area contributed by atoms with Crippen molar-refractivity contribution in [1.29, 1.82) is 0 Å². The summed E-state index contributed by atoms with van der Waals surface area (Å²) in [5, 5.41) is 10.2. The third kappa shape index (κ3) is 10.9. The molecule has 0 radical (unpaired) electrons. The molecule has 110 valence electrons. The van der Waals surface area contributed by atoms with Gasteiger partial charge in [-0.2, -0.15) is 21.9 Å². The Morgan fingerprint density at radius 2 is 1.17 bits per heavy atom. The van der Waals surface area contributed by atoms with Crippen molar-refractivity contribution in [3.05, 3.63) is 0 Å². The first-order valence-corrected chi connectivity index (χ1v) is 8.45. The standard InChI is InChI=1S/C8H19NO7S2/c1-7(5-17(11,12)13)3-9(10)4-8(2)6-18(14,15)16/h7-8,10H,3-6H2,1-2H3,(H,11,12,13)(H,14,15,16). The second-order valence-electron chi connectivity index (χ2n) is 4.58. The van der Waals surface area contributed by atoms with Gasteiger partial charge in [0.1, 0.15) is 0 Å². The Morgan fingerprint density at radius 1 is 0.889 bits per heavy atom. The van der Waals surface area contributed by atoms with Crippen LogP contribution in [0, 0.1) is 11.8 Å². The summed E-state index contributed by atoms with van der Waals surface area (Å²) >= 11 is 0. The summed E-state index contributed by atoms with van der Waals surface area (Å²) in [5.74, 6) is -2.00. The molecular formula is C8H19NO7S2. The molecule has 10 heteroatoms. The van der Waals surface area contributed by atoms with E-state index in [1.54, 1.807) is 0 Å². The van der Waals surface area contributed by atoms with E-state index in [-0.39, 0.29) is 13.1 Å². The highest BCUT2D eigenvalue weighted by molar-refractivity contribution is 7.86. The van der Waals surface area contributed by atoms with E-state index in [2.05, 4.69) is 0 Å². The zero-order chi connectivity index (χ0) is 14.6. The van der Waals surface area contributed by atoms with Crippen molar-refractivity contribution < 1.29 is 31.1 Å². The molecule has 2 atom stereocenters. The molecule has 0 aromatic carbocycles. The average molecular weight is 305 g/mol. The van der Waals surface area contributed by atoms with Crippen LogP contribution in [0.4, 0.5) is 0 Å². The molecule has 0 amide bonds. The molecule has 0 bridgehead atoms. The van der Waals surface area contributed by atoms with E-state index in [9.17, 15) is 22.0 Å². The van der Waals surface area contributed by atoms with Gasteiger partial charge in [0.15, 0.2) is 0 Å². The summed E-state index contributed by atoms with van der Waals surface area (Å²) in [6, 6.07) is 0. The summed E-state index contributed by atoms with van der Waals surface area (Å²) in [6.07, 6.45) is 0. The van der Waals surface area contributed by atoms with Crippen LogP contribution in [0.2, 0.25) is 0 Å². The van der Waals surface area contributed by atoms with Crippen molar-refractivity contribution in [3.8, 4) is 0 Å². The Kier molecular flexibility index (Phi) is 6.68. The van der Waals surface area contributed by atoms with Crippen LogP contribution in [-0.2, 0) is 20.2 Å². The minimum atomic E-state index is -4.10. The highest BCUT2D eigenvalue weighted by Crippen LogP contribution is 2.06. The lowest BCUT2D eigenvalue weighted by Crippen LogP contribution is -2.33. The number of rotatable bonds is 8. The lowest BCUT2D eigenvalue weighted by atomic mass is 10.2. The van der Waals surface area contributed by atoms with Gasteiger partial charge in [-0.25, -0.2) is 0 Å². The fourth-order valence-corrected chi connectivity index (χ4v) is 3.27. The van der Waals surface area contributed by atoms with E-state index in [0.717, 1.165) is 5.06 Å². The molecule has 18 heavy (non-hydrogen) atoms. The molecule has 0 aliphatic rings. The molecule has 0 rings (SSSR count). The highest BCUT2D eigenvalue weighted by Gasteiger charge is 2.19. The van der Waals surface area contributed by atoms with Gasteiger partial charge in [0, 0.05) is 13.1 Å². The first kappa shape index (κ1) is 17.7. The summed E-state index contributed by atoms with van der Waals surface area (Å²) in [4.78, 5) is 0. The van der Waals surface area contributed by atoms with Crippen LogP contribution in [0.1, 0.15) is 13.8 Å². The monoisotopic (exact) mass is 305 g/mol. The van der Waals surface area contributed by atoms with Gasteiger partial charge in [-0.1, -0.05) is 13.8 Å². The van der Waals surface area contributed by atoms with Crippen molar-refractivity contribution in [2.24, 2.45) is 11.8 Å². The lowest BCUT2D eigenvalue weighted by molar-refractivity contribution is -0.105. The first-order chi connectivity index (χ1) is 7.89. The van der Waals surface area contributed by atoms with E-state index in [1.807, 2.05) is 0 Å². The largest absolute Gasteiger partial charge is 0.314 e. The smallest absolute Gasteiger partial charge is 0.265 e. The second kappa shape index (κ2) is 6.78. The zero-order valence-electron chi connectivity index (χ0n) is 10.2. The summed E-state index contributed by atoms with van der Waals surface area (Å²) in [7, 11) is -8.20. The van der Waals surface area contributed by atoms with Crippen molar-refractivity contribution in [2.75, 3.05) is 24.6 Å². The predicted octanol–water partition coefficient (Wildman–Crippen LogP) is -0.275. The van der Waals surface area contributed by atoms with Gasteiger partial charge in [0.05, 0.1) is 11.5 Å². The maximum absolute atomic E-state index is 10.6. The molecule has 0 aliphatic heterocycles. The molecule has 2 unspecified atom stereocenters. The molecule has 3 N–H and O–H groups in total. The molecule has 0 saturated carbocycles. The van der Waals surface area contributed by atoms with Gasteiger partial charge >= 0.3 is 0 Å². The quantitative estimate of drug-likeness (QED) is 0.412. The van der Waals surface area contributed by atoms with Crippen molar-refractivity contribution in [2.45, 2.75) is 13.8 Å². The van der Waals surface area contributed by atoms with E-state index in [4.69, 9.17) is 9.11 Å². The fourth-order valence-electron chi connectivity index (χ4n) is 1.62. The van der Waals surface area contributed by atoms with Crippen molar-refractivity contribution in [1.82, 2.24) is 5.06 Å². The maximum atomic E-state index is 10.6. The normalized spacial score (nSPS) is 16.8. The van der Waals surface area contributed by atoms with E-state index in [0.29, 0.717) is 0 Å². The van der Waals surface area contributed by atoms with Crippen LogP contribution in [0.5, 0.6) is 0 Å². The molecule has 0 aromatic heterocycles. The third-order valence-electron chi connectivity index (χ3n) is 2.04. The Bertz CT molecular complexity index is 402. The molecule has 0 aliphatic carbocycles. The minimum Gasteiger partial charge on any atom is -0.314 e. The van der Waals surface area contributed by atoms with E-state index >= 15 is 0 Å². The van der Waals surface area contributed by atoms with Crippen LogP contribution >= 0.6 is 0 Å². The van der Waals surface area contributed by atoms with E-state index < -0.39 is 43.6 Å². The van der Waals surface area contributed by atoms with Crippen LogP contribution in [0.15, 0.2) is 0 Å². The zero-order valence-corrected chi connectivity index (χ0v) is 11.9. The second-order valence-corrected chi connectivity index (χ2v) is 7.57. The highest BCUT2D eigenvalue weighted by atomic mass is 32.2. The molecule has 0 spiro atoms. The van der Waals surface area contributed by atoms with Gasteiger partial charge in [-0.15, -0.1) is 0 Å². The van der Waals surface area contributed by atoms with Gasteiger partial charge in [0.2, 0.25) is 0 Å². The Balaban J connectivity index is 4.15. The Hall–Kier alpha value is -0.260. The SMILES string of the molecule is CC(CN(O)CC(C)CS(=O)(=O)O)CS(=O)(=O)O. The number of hydrogen-bond acceptors (Lipinski definition) is 6. The van der Waals surface area contributed by atoms with Crippen molar-refractivity contribution >= 4 is 20.2 Å². The number of nitrogens with zero attached hydrogens (tertiary/aromatic N) is 1. The first-order valence-electron chi connectivity index (χ1n) is 5.23. The molecular weight excluding hydrogens is 286 g/mol. The van der Waals surface area contributed by atoms with Crippen LogP contribution in [0.25, 0.3) is 0 Å². The third-order valence-corrected chi connectivity index (χ3v) is 4.02. The maximum Gasteiger partial charge on any atom is 0.265 e. The molecule has 0 heterocycles. The molecule has 0 saturated heterocycles. The van der Waals surface area contributed by atoms with Crippen LogP contribution in [0.3, 0.4) is 0 Å². The van der Waals surface area contributed by atoms with Gasteiger partial charge in [0.25, 0.3) is 20.2 Å². The molecule has 0 aromatic rings.